The summed E-state index contributed by atoms with van der Waals surface area (Å²) < 4.78 is 1.03. The Bertz CT molecular complexity index is 687. The van der Waals surface area contributed by atoms with E-state index in [2.05, 4.69) is 52.4 Å². The highest BCUT2D eigenvalue weighted by molar-refractivity contribution is 9.10. The van der Waals surface area contributed by atoms with E-state index in [9.17, 15) is 4.79 Å². The maximum absolute atomic E-state index is 12.7. The van der Waals surface area contributed by atoms with Gasteiger partial charge in [-0.3, -0.25) is 4.79 Å². The first kappa shape index (κ1) is 14.3. The molecule has 0 aromatic heterocycles. The summed E-state index contributed by atoms with van der Waals surface area (Å²) in [5, 5.41) is 3.09. The number of rotatable bonds is 3. The van der Waals surface area contributed by atoms with Crippen LogP contribution in [0.1, 0.15) is 29.5 Å². The molecule has 0 spiro atoms. The molecular weight excluding hydrogens is 326 g/mol. The molecule has 0 heterocycles. The smallest absolute Gasteiger partial charge is 0.235 e. The highest BCUT2D eigenvalue weighted by Gasteiger charge is 2.51. The summed E-state index contributed by atoms with van der Waals surface area (Å²) in [6.45, 7) is 4.07. The Labute approximate surface area is 133 Å². The van der Waals surface area contributed by atoms with Gasteiger partial charge in [0.2, 0.25) is 5.91 Å². The Kier molecular flexibility index (Phi) is 3.62. The van der Waals surface area contributed by atoms with Crippen LogP contribution < -0.4 is 5.32 Å². The molecule has 1 N–H and O–H groups in total. The van der Waals surface area contributed by atoms with Gasteiger partial charge in [0.15, 0.2) is 0 Å². The van der Waals surface area contributed by atoms with Gasteiger partial charge in [-0.25, -0.2) is 0 Å². The summed E-state index contributed by atoms with van der Waals surface area (Å²) in [5.41, 5.74) is 3.98. The number of anilines is 1. The first-order valence-electron chi connectivity index (χ1n) is 7.16. The van der Waals surface area contributed by atoms with Gasteiger partial charge in [0.1, 0.15) is 0 Å². The van der Waals surface area contributed by atoms with Crippen LogP contribution in [-0.4, -0.2) is 5.91 Å². The van der Waals surface area contributed by atoms with E-state index in [0.29, 0.717) is 0 Å². The van der Waals surface area contributed by atoms with Crippen molar-refractivity contribution in [2.45, 2.75) is 32.1 Å². The highest BCUT2D eigenvalue weighted by atomic mass is 79.9. The predicted octanol–water partition coefficient (Wildman–Crippen LogP) is 4.74. The third-order valence-electron chi connectivity index (χ3n) is 4.23. The summed E-state index contributed by atoms with van der Waals surface area (Å²) >= 11 is 3.45. The van der Waals surface area contributed by atoms with E-state index in [1.807, 2.05) is 25.1 Å². The van der Waals surface area contributed by atoms with Crippen molar-refractivity contribution >= 4 is 27.5 Å². The van der Waals surface area contributed by atoms with Gasteiger partial charge in [-0.1, -0.05) is 45.8 Å². The summed E-state index contributed by atoms with van der Waals surface area (Å²) in [6, 6.07) is 14.2. The molecule has 1 fully saturated rings. The molecule has 1 aliphatic rings. The monoisotopic (exact) mass is 343 g/mol. The van der Waals surface area contributed by atoms with Gasteiger partial charge in [0.05, 0.1) is 5.41 Å². The van der Waals surface area contributed by atoms with Crippen molar-refractivity contribution in [3.63, 3.8) is 0 Å². The number of hydrogen-bond donors (Lipinski definition) is 1. The molecule has 3 heteroatoms. The van der Waals surface area contributed by atoms with Crippen molar-refractivity contribution in [3.8, 4) is 0 Å². The van der Waals surface area contributed by atoms with Crippen molar-refractivity contribution < 1.29 is 4.79 Å². The Balaban J connectivity index is 1.83. The molecule has 3 rings (SSSR count). The molecule has 0 radical (unpaired) electrons. The van der Waals surface area contributed by atoms with Crippen LogP contribution in [0, 0.1) is 13.8 Å². The van der Waals surface area contributed by atoms with Crippen molar-refractivity contribution in [3.05, 3.63) is 63.6 Å². The minimum Gasteiger partial charge on any atom is -0.325 e. The fraction of sp³-hybridized carbons (Fsp3) is 0.278. The minimum atomic E-state index is -0.326. The van der Waals surface area contributed by atoms with Crippen LogP contribution in [0.25, 0.3) is 0 Å². The van der Waals surface area contributed by atoms with Crippen molar-refractivity contribution in [2.24, 2.45) is 0 Å². The standard InChI is InChI=1S/C18H18BrNO/c1-12-3-5-14(6-4-12)18(9-10-18)17(21)20-16-8-7-15(19)11-13(16)2/h3-8,11H,9-10H2,1-2H3,(H,20,21). The molecule has 1 saturated carbocycles. The number of benzene rings is 2. The lowest BCUT2D eigenvalue weighted by Crippen LogP contribution is -2.28. The summed E-state index contributed by atoms with van der Waals surface area (Å²) in [4.78, 5) is 12.7. The lowest BCUT2D eigenvalue weighted by atomic mass is 9.94. The van der Waals surface area contributed by atoms with Gasteiger partial charge in [-0.05, 0) is 56.0 Å². The third-order valence-corrected chi connectivity index (χ3v) is 4.72. The predicted molar refractivity (Wildman–Crippen MR) is 89.6 cm³/mol. The zero-order valence-electron chi connectivity index (χ0n) is 12.2. The Morgan fingerprint density at radius 2 is 1.76 bits per heavy atom. The van der Waals surface area contributed by atoms with E-state index in [1.54, 1.807) is 0 Å². The van der Waals surface area contributed by atoms with Crippen LogP contribution in [0.3, 0.4) is 0 Å². The van der Waals surface area contributed by atoms with Gasteiger partial charge in [0, 0.05) is 10.2 Å². The van der Waals surface area contributed by atoms with Gasteiger partial charge in [-0.15, -0.1) is 0 Å². The average molecular weight is 344 g/mol. The lowest BCUT2D eigenvalue weighted by Gasteiger charge is -2.17. The number of halogens is 1. The second-order valence-electron chi connectivity index (χ2n) is 5.86. The minimum absolute atomic E-state index is 0.108. The Morgan fingerprint density at radius 3 is 2.33 bits per heavy atom. The molecule has 1 amide bonds. The fourth-order valence-corrected chi connectivity index (χ4v) is 3.13. The van der Waals surface area contributed by atoms with E-state index < -0.39 is 0 Å². The number of hydrogen-bond acceptors (Lipinski definition) is 1. The summed E-state index contributed by atoms with van der Waals surface area (Å²) in [6.07, 6.45) is 1.86. The number of nitrogens with one attached hydrogen (secondary N) is 1. The van der Waals surface area contributed by atoms with Gasteiger partial charge in [0.25, 0.3) is 0 Å². The normalized spacial score (nSPS) is 15.6. The van der Waals surface area contributed by atoms with Crippen molar-refractivity contribution in [2.75, 3.05) is 5.32 Å². The van der Waals surface area contributed by atoms with Crippen molar-refractivity contribution in [1.82, 2.24) is 0 Å². The van der Waals surface area contributed by atoms with Crippen LogP contribution in [0.15, 0.2) is 46.9 Å². The molecule has 0 unspecified atom stereocenters. The largest absolute Gasteiger partial charge is 0.325 e. The van der Waals surface area contributed by atoms with Gasteiger partial charge in [-0.2, -0.15) is 0 Å². The Morgan fingerprint density at radius 1 is 1.10 bits per heavy atom. The molecule has 2 aromatic carbocycles. The highest BCUT2D eigenvalue weighted by Crippen LogP contribution is 2.49. The second kappa shape index (κ2) is 5.30. The second-order valence-corrected chi connectivity index (χ2v) is 6.78. The maximum atomic E-state index is 12.7. The third kappa shape index (κ3) is 2.75. The van der Waals surface area contributed by atoms with E-state index >= 15 is 0 Å². The quantitative estimate of drug-likeness (QED) is 0.856. The average Bonchev–Trinajstić information content (AvgIpc) is 3.24. The molecule has 1 aliphatic carbocycles. The van der Waals surface area contributed by atoms with Crippen molar-refractivity contribution in [1.29, 1.82) is 0 Å². The molecule has 0 aliphatic heterocycles. The topological polar surface area (TPSA) is 29.1 Å². The van der Waals surface area contributed by atoms with Gasteiger partial charge < -0.3 is 5.32 Å². The first-order valence-corrected chi connectivity index (χ1v) is 7.95. The van der Waals surface area contributed by atoms with Crippen LogP contribution >= 0.6 is 15.9 Å². The van der Waals surface area contributed by atoms with Crippen LogP contribution in [-0.2, 0) is 10.2 Å². The van der Waals surface area contributed by atoms with Crippen LogP contribution in [0.2, 0.25) is 0 Å². The molecular formula is C18H18BrNO. The molecule has 0 bridgehead atoms. The van der Waals surface area contributed by atoms with E-state index in [1.165, 1.54) is 5.56 Å². The van der Waals surface area contributed by atoms with E-state index in [-0.39, 0.29) is 11.3 Å². The number of aryl methyl sites for hydroxylation is 2. The zero-order chi connectivity index (χ0) is 15.0. The van der Waals surface area contributed by atoms with Crippen LogP contribution in [0.4, 0.5) is 5.69 Å². The number of amides is 1. The zero-order valence-corrected chi connectivity index (χ0v) is 13.8. The first-order chi connectivity index (χ1) is 10.0. The van der Waals surface area contributed by atoms with E-state index in [4.69, 9.17) is 0 Å². The molecule has 0 atom stereocenters. The molecule has 2 nitrogen and oxygen atoms in total. The lowest BCUT2D eigenvalue weighted by molar-refractivity contribution is -0.118. The maximum Gasteiger partial charge on any atom is 0.235 e. The SMILES string of the molecule is Cc1ccc(C2(C(=O)Nc3ccc(Br)cc3C)CC2)cc1. The number of carbonyl (C=O) groups excluding carboxylic acids is 1. The van der Waals surface area contributed by atoms with Crippen LogP contribution in [0.5, 0.6) is 0 Å². The summed E-state index contributed by atoms with van der Waals surface area (Å²) in [7, 11) is 0. The Hall–Kier alpha value is -1.61. The molecule has 0 saturated heterocycles. The molecule has 21 heavy (non-hydrogen) atoms. The molecule has 2 aromatic rings. The molecule has 108 valence electrons. The number of carbonyl (C=O) groups is 1. The summed E-state index contributed by atoms with van der Waals surface area (Å²) in [5.74, 6) is 0.108. The van der Waals surface area contributed by atoms with E-state index in [0.717, 1.165) is 34.1 Å². The van der Waals surface area contributed by atoms with Gasteiger partial charge >= 0.3 is 0 Å². The fourth-order valence-electron chi connectivity index (χ4n) is 2.65.